The monoisotopic (exact) mass is 270 g/mol. The minimum absolute atomic E-state index is 0.411. The van der Waals surface area contributed by atoms with Crippen LogP contribution in [0.3, 0.4) is 0 Å². The molecule has 1 fully saturated rings. The van der Waals surface area contributed by atoms with Crippen molar-refractivity contribution in [3.63, 3.8) is 0 Å². The van der Waals surface area contributed by atoms with E-state index in [0.717, 1.165) is 38.6 Å². The molecule has 3 aliphatic heterocycles. The van der Waals surface area contributed by atoms with Crippen molar-refractivity contribution in [1.29, 1.82) is 0 Å². The van der Waals surface area contributed by atoms with Gasteiger partial charge in [0.1, 0.15) is 0 Å². The van der Waals surface area contributed by atoms with Crippen molar-refractivity contribution >= 4 is 5.57 Å². The molecule has 3 heteroatoms. The Morgan fingerprint density at radius 1 is 1.10 bits per heavy atom. The molecule has 20 heavy (non-hydrogen) atoms. The van der Waals surface area contributed by atoms with Gasteiger partial charge in [-0.3, -0.25) is 0 Å². The lowest BCUT2D eigenvalue weighted by Crippen LogP contribution is -2.39. The van der Waals surface area contributed by atoms with E-state index in [1.165, 1.54) is 35.2 Å². The summed E-state index contributed by atoms with van der Waals surface area (Å²) >= 11 is 0. The lowest BCUT2D eigenvalue weighted by molar-refractivity contribution is 0.0124. The van der Waals surface area contributed by atoms with Gasteiger partial charge in [0.2, 0.25) is 0 Å². The van der Waals surface area contributed by atoms with Crippen LogP contribution in [0.4, 0.5) is 0 Å². The quantitative estimate of drug-likeness (QED) is 0.821. The summed E-state index contributed by atoms with van der Waals surface area (Å²) in [7, 11) is 0. The van der Waals surface area contributed by atoms with Crippen LogP contribution in [-0.4, -0.2) is 25.8 Å². The first-order valence-corrected chi connectivity index (χ1v) is 7.78. The van der Waals surface area contributed by atoms with E-state index in [0.29, 0.717) is 6.10 Å². The van der Waals surface area contributed by atoms with Crippen molar-refractivity contribution in [1.82, 2.24) is 10.6 Å². The van der Waals surface area contributed by atoms with E-state index < -0.39 is 0 Å². The average Bonchev–Trinajstić information content (AvgIpc) is 2.55. The van der Waals surface area contributed by atoms with Gasteiger partial charge in [0.15, 0.2) is 0 Å². The molecule has 1 atom stereocenters. The maximum absolute atomic E-state index is 6.22. The Labute approximate surface area is 120 Å². The van der Waals surface area contributed by atoms with Gasteiger partial charge in [-0.1, -0.05) is 24.3 Å². The smallest absolute Gasteiger partial charge is 0.0743 e. The maximum atomic E-state index is 6.22. The van der Waals surface area contributed by atoms with E-state index in [2.05, 4.69) is 34.9 Å². The van der Waals surface area contributed by atoms with Gasteiger partial charge in [-0.2, -0.15) is 0 Å². The highest BCUT2D eigenvalue weighted by atomic mass is 16.5. The predicted molar refractivity (Wildman–Crippen MR) is 80.2 cm³/mol. The maximum Gasteiger partial charge on any atom is 0.0743 e. The molecule has 106 valence electrons. The zero-order valence-corrected chi connectivity index (χ0v) is 11.8. The van der Waals surface area contributed by atoms with Crippen LogP contribution < -0.4 is 10.6 Å². The van der Waals surface area contributed by atoms with Gasteiger partial charge in [0, 0.05) is 24.2 Å². The van der Waals surface area contributed by atoms with E-state index >= 15 is 0 Å². The number of rotatable bonds is 1. The van der Waals surface area contributed by atoms with Gasteiger partial charge >= 0.3 is 0 Å². The molecule has 0 saturated carbocycles. The Bertz CT molecular complexity index is 532. The SMILES string of the molecule is c1ccc2c(c1)CNC1=C2COC(C2CCNCC2)C1. The number of piperidine rings is 1. The standard InChI is InChI=1S/C17H22N2O/c1-2-4-14-13(3-1)10-19-16-9-17(20-11-15(14)16)12-5-7-18-8-6-12/h1-4,12,17-19H,5-11H2. The van der Waals surface area contributed by atoms with Crippen LogP contribution in [0.25, 0.3) is 5.57 Å². The lowest BCUT2D eigenvalue weighted by Gasteiger charge is -2.37. The fourth-order valence-corrected chi connectivity index (χ4v) is 3.77. The number of hydrogen-bond donors (Lipinski definition) is 2. The van der Waals surface area contributed by atoms with E-state index in [9.17, 15) is 0 Å². The number of benzene rings is 1. The van der Waals surface area contributed by atoms with Gasteiger partial charge in [-0.05, 0) is 43.0 Å². The Morgan fingerprint density at radius 3 is 2.85 bits per heavy atom. The zero-order chi connectivity index (χ0) is 13.4. The van der Waals surface area contributed by atoms with Crippen molar-refractivity contribution in [3.05, 3.63) is 41.1 Å². The first kappa shape index (κ1) is 12.4. The normalized spacial score (nSPS) is 26.7. The Kier molecular flexibility index (Phi) is 3.25. The third-order valence-electron chi connectivity index (χ3n) is 4.96. The van der Waals surface area contributed by atoms with Crippen LogP contribution in [0.5, 0.6) is 0 Å². The van der Waals surface area contributed by atoms with E-state index in [-0.39, 0.29) is 0 Å². The van der Waals surface area contributed by atoms with Gasteiger partial charge in [-0.25, -0.2) is 0 Å². The summed E-state index contributed by atoms with van der Waals surface area (Å²) in [6.45, 7) is 4.03. The van der Waals surface area contributed by atoms with Crippen molar-refractivity contribution in [2.24, 2.45) is 5.92 Å². The van der Waals surface area contributed by atoms with Crippen molar-refractivity contribution in [3.8, 4) is 0 Å². The van der Waals surface area contributed by atoms with Gasteiger partial charge in [0.05, 0.1) is 12.7 Å². The molecule has 0 bridgehead atoms. The fourth-order valence-electron chi connectivity index (χ4n) is 3.77. The summed E-state index contributed by atoms with van der Waals surface area (Å²) in [5.41, 5.74) is 5.61. The second kappa shape index (κ2) is 5.23. The topological polar surface area (TPSA) is 33.3 Å². The number of fused-ring (bicyclic) bond motifs is 2. The molecule has 0 radical (unpaired) electrons. The second-order valence-electron chi connectivity index (χ2n) is 6.11. The largest absolute Gasteiger partial charge is 0.384 e. The van der Waals surface area contributed by atoms with E-state index in [1.54, 1.807) is 0 Å². The molecule has 3 heterocycles. The van der Waals surface area contributed by atoms with Crippen LogP contribution in [0, 0.1) is 5.92 Å². The minimum atomic E-state index is 0.411. The van der Waals surface area contributed by atoms with Crippen molar-refractivity contribution < 1.29 is 4.74 Å². The van der Waals surface area contributed by atoms with E-state index in [4.69, 9.17) is 4.74 Å². The first-order valence-electron chi connectivity index (χ1n) is 7.78. The molecule has 1 aromatic carbocycles. The molecule has 0 aliphatic carbocycles. The molecule has 0 spiro atoms. The Balaban J connectivity index is 1.57. The number of ether oxygens (including phenoxy) is 1. The molecular formula is C17H22N2O. The van der Waals surface area contributed by atoms with Crippen LogP contribution in [0.1, 0.15) is 30.4 Å². The van der Waals surface area contributed by atoms with Crippen LogP contribution in [0.2, 0.25) is 0 Å². The zero-order valence-electron chi connectivity index (χ0n) is 11.8. The summed E-state index contributed by atoms with van der Waals surface area (Å²) in [5, 5.41) is 7.07. The molecule has 3 nitrogen and oxygen atoms in total. The van der Waals surface area contributed by atoms with Crippen molar-refractivity contribution in [2.45, 2.75) is 31.9 Å². The molecule has 1 aromatic rings. The molecular weight excluding hydrogens is 248 g/mol. The third kappa shape index (κ3) is 2.15. The summed E-state index contributed by atoms with van der Waals surface area (Å²) in [5.74, 6) is 0.726. The van der Waals surface area contributed by atoms with Crippen LogP contribution in [-0.2, 0) is 11.3 Å². The molecule has 4 rings (SSSR count). The highest BCUT2D eigenvalue weighted by Crippen LogP contribution is 2.35. The molecule has 2 N–H and O–H groups in total. The Morgan fingerprint density at radius 2 is 1.95 bits per heavy atom. The highest BCUT2D eigenvalue weighted by Gasteiger charge is 2.31. The molecule has 1 unspecified atom stereocenters. The molecule has 3 aliphatic rings. The lowest BCUT2D eigenvalue weighted by atomic mass is 9.85. The Hall–Kier alpha value is -1.32. The number of nitrogens with one attached hydrogen (secondary N) is 2. The second-order valence-corrected chi connectivity index (χ2v) is 6.11. The predicted octanol–water partition coefficient (Wildman–Crippen LogP) is 2.29. The van der Waals surface area contributed by atoms with Crippen molar-refractivity contribution in [2.75, 3.05) is 19.7 Å². The van der Waals surface area contributed by atoms with Crippen LogP contribution in [0.15, 0.2) is 30.0 Å². The van der Waals surface area contributed by atoms with Gasteiger partial charge < -0.3 is 15.4 Å². The molecule has 1 saturated heterocycles. The summed E-state index contributed by atoms with van der Waals surface area (Å²) < 4.78 is 6.22. The van der Waals surface area contributed by atoms with Gasteiger partial charge in [0.25, 0.3) is 0 Å². The van der Waals surface area contributed by atoms with Crippen LogP contribution >= 0.6 is 0 Å². The molecule has 0 amide bonds. The summed E-state index contributed by atoms with van der Waals surface area (Å²) in [4.78, 5) is 0. The van der Waals surface area contributed by atoms with Gasteiger partial charge in [-0.15, -0.1) is 0 Å². The first-order chi connectivity index (χ1) is 9.92. The van der Waals surface area contributed by atoms with E-state index in [1.807, 2.05) is 0 Å². The summed E-state index contributed by atoms with van der Waals surface area (Å²) in [6.07, 6.45) is 3.98. The fraction of sp³-hybridized carbons (Fsp3) is 0.529. The number of hydrogen-bond acceptors (Lipinski definition) is 3. The average molecular weight is 270 g/mol. The minimum Gasteiger partial charge on any atom is -0.384 e. The molecule has 0 aromatic heterocycles. The third-order valence-corrected chi connectivity index (χ3v) is 4.96. The highest BCUT2D eigenvalue weighted by molar-refractivity contribution is 5.73. The summed E-state index contributed by atoms with van der Waals surface area (Å²) in [6, 6.07) is 8.70.